The molecule has 2 aliphatic rings. The molecule has 6 rings (SSSR count). The van der Waals surface area contributed by atoms with E-state index in [1.165, 1.54) is 0 Å². The fourth-order valence-corrected chi connectivity index (χ4v) is 6.02. The van der Waals surface area contributed by atoms with E-state index in [1.807, 2.05) is 34.7 Å². The van der Waals surface area contributed by atoms with Crippen LogP contribution in [0.25, 0.3) is 27.5 Å². The predicted octanol–water partition coefficient (Wildman–Crippen LogP) is 3.84. The van der Waals surface area contributed by atoms with Gasteiger partial charge in [0.1, 0.15) is 11.9 Å². The summed E-state index contributed by atoms with van der Waals surface area (Å²) < 4.78 is 1.72. The van der Waals surface area contributed by atoms with E-state index >= 15 is 0 Å². The number of amides is 2. The molecule has 0 spiro atoms. The molecule has 11 heteroatoms. The second-order valence-electron chi connectivity index (χ2n) is 10.8. The Kier molecular flexibility index (Phi) is 7.72. The maximum absolute atomic E-state index is 13.5. The molecule has 2 amide bonds. The number of likely N-dealkylation sites (N-methyl/N-ethyl adjacent to an activating group) is 1. The Bertz CT molecular complexity index is 1540. The summed E-state index contributed by atoms with van der Waals surface area (Å²) in [5.74, 6) is 0.473. The van der Waals surface area contributed by atoms with Crippen LogP contribution in [0.15, 0.2) is 48.1 Å². The lowest BCUT2D eigenvalue weighted by Gasteiger charge is -2.41. The van der Waals surface area contributed by atoms with Crippen molar-refractivity contribution in [3.05, 3.63) is 53.7 Å². The van der Waals surface area contributed by atoms with E-state index in [9.17, 15) is 9.59 Å². The first kappa shape index (κ1) is 27.3. The van der Waals surface area contributed by atoms with Gasteiger partial charge in [0, 0.05) is 36.9 Å². The van der Waals surface area contributed by atoms with Crippen molar-refractivity contribution in [2.24, 2.45) is 0 Å². The van der Waals surface area contributed by atoms with Crippen LogP contribution >= 0.6 is 11.3 Å². The summed E-state index contributed by atoms with van der Waals surface area (Å²) in [6.07, 6.45) is 6.47. The van der Waals surface area contributed by atoms with Crippen LogP contribution in [0.4, 0.5) is 5.82 Å². The number of carbonyl (C=O) groups excluding carboxylic acids is 2. The van der Waals surface area contributed by atoms with E-state index in [4.69, 9.17) is 9.97 Å². The van der Waals surface area contributed by atoms with Crippen LogP contribution < -0.4 is 15.5 Å². The van der Waals surface area contributed by atoms with Gasteiger partial charge in [-0.25, -0.2) is 14.5 Å². The molecule has 4 aromatic heterocycles. The number of anilines is 1. The number of carbonyl (C=O) groups is 2. The van der Waals surface area contributed by atoms with E-state index < -0.39 is 0 Å². The summed E-state index contributed by atoms with van der Waals surface area (Å²) in [5.41, 5.74) is 3.35. The van der Waals surface area contributed by atoms with E-state index in [-0.39, 0.29) is 23.9 Å². The van der Waals surface area contributed by atoms with Gasteiger partial charge in [0.2, 0.25) is 5.91 Å². The maximum atomic E-state index is 13.5. The van der Waals surface area contributed by atoms with Crippen LogP contribution in [0.3, 0.4) is 0 Å². The summed E-state index contributed by atoms with van der Waals surface area (Å²) in [5, 5.41) is 12.8. The first-order chi connectivity index (χ1) is 19.9. The second-order valence-corrected chi connectivity index (χ2v) is 11.7. The second kappa shape index (κ2) is 11.6. The van der Waals surface area contributed by atoms with Crippen LogP contribution in [0.2, 0.25) is 0 Å². The number of nitrogens with zero attached hydrogens (tertiary/aromatic N) is 6. The fourth-order valence-electron chi connectivity index (χ4n) is 5.32. The van der Waals surface area contributed by atoms with Crippen molar-refractivity contribution in [1.29, 1.82) is 0 Å². The topological polar surface area (TPSA) is 108 Å². The number of rotatable bonds is 11. The lowest BCUT2D eigenvalue weighted by Crippen LogP contribution is -2.57. The van der Waals surface area contributed by atoms with Crippen LogP contribution in [0.1, 0.15) is 50.4 Å². The Morgan fingerprint density at radius 1 is 1.12 bits per heavy atom. The zero-order valence-electron chi connectivity index (χ0n) is 23.7. The molecule has 5 heterocycles. The zero-order chi connectivity index (χ0) is 28.5. The van der Waals surface area contributed by atoms with Crippen LogP contribution in [-0.2, 0) is 4.79 Å². The molecule has 1 aliphatic carbocycles. The third-order valence-electron chi connectivity index (χ3n) is 8.03. The van der Waals surface area contributed by atoms with Crippen LogP contribution in [0, 0.1) is 0 Å². The lowest BCUT2D eigenvalue weighted by atomic mass is 10.0. The number of nitrogens with one attached hydrogen (secondary N) is 2. The molecule has 1 aliphatic heterocycles. The van der Waals surface area contributed by atoms with Gasteiger partial charge < -0.3 is 15.5 Å². The molecule has 214 valence electrons. The van der Waals surface area contributed by atoms with Crippen molar-refractivity contribution < 1.29 is 9.59 Å². The van der Waals surface area contributed by atoms with Crippen molar-refractivity contribution >= 4 is 34.6 Å². The average Bonchev–Trinajstić information content (AvgIpc) is 3.42. The molecule has 0 radical (unpaired) electrons. The fraction of sp³-hybridized carbons (Fsp3) is 0.433. The number of fused-ring (bicyclic) bond motifs is 1. The summed E-state index contributed by atoms with van der Waals surface area (Å²) in [4.78, 5) is 41.7. The highest BCUT2D eigenvalue weighted by Gasteiger charge is 2.38. The van der Waals surface area contributed by atoms with Crippen molar-refractivity contribution in [3.8, 4) is 21.8 Å². The molecule has 0 aromatic carbocycles. The summed E-state index contributed by atoms with van der Waals surface area (Å²) in [7, 11) is 0. The molecular weight excluding hydrogens is 536 g/mol. The van der Waals surface area contributed by atoms with Crippen LogP contribution in [0.5, 0.6) is 0 Å². The maximum Gasteiger partial charge on any atom is 0.251 e. The Hall–Kier alpha value is -3.83. The predicted molar refractivity (Wildman–Crippen MR) is 161 cm³/mol. The average molecular weight is 573 g/mol. The first-order valence-corrected chi connectivity index (χ1v) is 15.3. The monoisotopic (exact) mass is 572 g/mol. The summed E-state index contributed by atoms with van der Waals surface area (Å²) in [6, 6.07) is 9.80. The number of hydrogen-bond donors (Lipinski definition) is 2. The van der Waals surface area contributed by atoms with Crippen molar-refractivity contribution in [1.82, 2.24) is 35.1 Å². The smallest absolute Gasteiger partial charge is 0.251 e. The van der Waals surface area contributed by atoms with Crippen molar-refractivity contribution in [3.63, 3.8) is 0 Å². The standard InChI is InChI=1S/C30H36N8O2S/c1-4-36(5-2)19(3)17-31-29(39)20-15-24(34-27(16-20)37-12-11-25(37)30(40)33-21-8-9-21)22-18-32-38-13-10-23(35-28(22)38)26-7-6-14-41-26/h6-7,10,13-16,18-19,21,25H,4-5,8-9,11-12,17H2,1-3H3,(H,31,39)(H,33,40)/t19?,25-/m0/s1. The normalized spacial score (nSPS) is 17.5. The highest BCUT2D eigenvalue weighted by atomic mass is 32.1. The molecule has 41 heavy (non-hydrogen) atoms. The van der Waals surface area contributed by atoms with E-state index in [1.54, 1.807) is 34.2 Å². The number of pyridine rings is 1. The minimum absolute atomic E-state index is 0.0308. The van der Waals surface area contributed by atoms with Gasteiger partial charge in [-0.05, 0) is 68.9 Å². The van der Waals surface area contributed by atoms with Gasteiger partial charge in [-0.1, -0.05) is 19.9 Å². The highest BCUT2D eigenvalue weighted by Crippen LogP contribution is 2.32. The molecule has 0 bridgehead atoms. The minimum Gasteiger partial charge on any atom is -0.352 e. The van der Waals surface area contributed by atoms with Gasteiger partial charge in [0.25, 0.3) is 5.91 Å². The number of aromatic nitrogens is 4. The molecule has 1 saturated carbocycles. The Morgan fingerprint density at radius 3 is 2.63 bits per heavy atom. The molecular formula is C30H36N8O2S. The van der Waals surface area contributed by atoms with E-state index in [0.717, 1.165) is 48.5 Å². The van der Waals surface area contributed by atoms with Crippen molar-refractivity contribution in [2.75, 3.05) is 31.1 Å². The van der Waals surface area contributed by atoms with E-state index in [2.05, 4.69) is 41.4 Å². The van der Waals surface area contributed by atoms with Gasteiger partial charge >= 0.3 is 0 Å². The molecule has 4 aromatic rings. The number of hydrogen-bond acceptors (Lipinski definition) is 8. The Balaban J connectivity index is 1.35. The molecule has 1 unspecified atom stereocenters. The van der Waals surface area contributed by atoms with Crippen LogP contribution in [-0.4, -0.2) is 80.6 Å². The SMILES string of the molecule is CCN(CC)C(C)CNC(=O)c1cc(-c2cnn3ccc(-c4cccs4)nc23)nc(N2CC[C@H]2C(=O)NC2CC2)c1. The van der Waals surface area contributed by atoms with Crippen molar-refractivity contribution in [2.45, 2.75) is 58.2 Å². The molecule has 1 saturated heterocycles. The molecule has 2 fully saturated rings. The first-order valence-electron chi connectivity index (χ1n) is 14.4. The summed E-state index contributed by atoms with van der Waals surface area (Å²) >= 11 is 1.63. The Morgan fingerprint density at radius 2 is 1.95 bits per heavy atom. The molecule has 2 atom stereocenters. The Labute approximate surface area is 243 Å². The van der Waals surface area contributed by atoms with Gasteiger partial charge in [-0.15, -0.1) is 11.3 Å². The van der Waals surface area contributed by atoms with Gasteiger partial charge in [-0.3, -0.25) is 14.5 Å². The third kappa shape index (κ3) is 5.69. The minimum atomic E-state index is -0.288. The van der Waals surface area contributed by atoms with Gasteiger partial charge in [0.05, 0.1) is 28.0 Å². The quantitative estimate of drug-likeness (QED) is 0.281. The third-order valence-corrected chi connectivity index (χ3v) is 8.92. The lowest BCUT2D eigenvalue weighted by molar-refractivity contribution is -0.123. The highest BCUT2D eigenvalue weighted by molar-refractivity contribution is 7.13. The number of thiophene rings is 1. The largest absolute Gasteiger partial charge is 0.352 e. The van der Waals surface area contributed by atoms with Gasteiger partial charge in [-0.2, -0.15) is 5.10 Å². The zero-order valence-corrected chi connectivity index (χ0v) is 24.5. The molecule has 2 N–H and O–H groups in total. The van der Waals surface area contributed by atoms with E-state index in [0.29, 0.717) is 41.9 Å². The molecule has 10 nitrogen and oxygen atoms in total. The summed E-state index contributed by atoms with van der Waals surface area (Å²) in [6.45, 7) is 9.45. The van der Waals surface area contributed by atoms with Gasteiger partial charge in [0.15, 0.2) is 5.65 Å².